The smallest absolute Gasteiger partial charge is 0.317 e. The summed E-state index contributed by atoms with van der Waals surface area (Å²) in [6.45, 7) is 3.68. The van der Waals surface area contributed by atoms with E-state index in [0.29, 0.717) is 31.3 Å². The average molecular weight is 367 g/mol. The summed E-state index contributed by atoms with van der Waals surface area (Å²) in [4.78, 5) is 22.9. The van der Waals surface area contributed by atoms with Crippen LogP contribution in [0.15, 0.2) is 51.9 Å². The monoisotopic (exact) mass is 367 g/mol. The van der Waals surface area contributed by atoms with Crippen molar-refractivity contribution in [3.8, 4) is 11.5 Å². The fourth-order valence-corrected chi connectivity index (χ4v) is 3.36. The largest absolute Gasteiger partial charge is 0.467 e. The first-order valence-electron chi connectivity index (χ1n) is 8.94. The number of urea groups is 1. The molecular weight excluding hydrogens is 346 g/mol. The third-order valence-electron chi connectivity index (χ3n) is 4.87. The standard InChI is InChI=1S/C19H21N5O3/c1-19(17-22-16(27-23-17)14-5-8-20-9-6-14)7-3-10-24(13-19)18(25)21-12-15-4-2-11-26-15/h2,4-6,8-9,11H,3,7,10,12-13H2,1H3,(H,21,25). The molecule has 1 atom stereocenters. The van der Waals surface area contributed by atoms with E-state index in [2.05, 4.69) is 27.4 Å². The molecule has 140 valence electrons. The van der Waals surface area contributed by atoms with Crippen LogP contribution in [0.4, 0.5) is 4.79 Å². The molecule has 8 nitrogen and oxygen atoms in total. The lowest BCUT2D eigenvalue weighted by molar-refractivity contribution is 0.150. The zero-order valence-electron chi connectivity index (χ0n) is 15.1. The van der Waals surface area contributed by atoms with Crippen molar-refractivity contribution in [2.75, 3.05) is 13.1 Å². The van der Waals surface area contributed by atoms with Crippen molar-refractivity contribution in [1.82, 2.24) is 25.3 Å². The van der Waals surface area contributed by atoms with Crippen LogP contribution in [0.3, 0.4) is 0 Å². The number of rotatable bonds is 4. The molecule has 2 amide bonds. The summed E-state index contributed by atoms with van der Waals surface area (Å²) in [6.07, 6.45) is 6.74. The van der Waals surface area contributed by atoms with Gasteiger partial charge in [-0.05, 0) is 37.1 Å². The van der Waals surface area contributed by atoms with Crippen LogP contribution in [-0.2, 0) is 12.0 Å². The number of aromatic nitrogens is 3. The summed E-state index contributed by atoms with van der Waals surface area (Å²) in [7, 11) is 0. The van der Waals surface area contributed by atoms with E-state index >= 15 is 0 Å². The maximum absolute atomic E-state index is 12.5. The zero-order valence-corrected chi connectivity index (χ0v) is 15.1. The van der Waals surface area contributed by atoms with E-state index in [4.69, 9.17) is 8.94 Å². The molecule has 0 aliphatic carbocycles. The number of furan rings is 1. The number of hydrogen-bond acceptors (Lipinski definition) is 6. The van der Waals surface area contributed by atoms with Crippen molar-refractivity contribution in [3.05, 3.63) is 54.5 Å². The molecule has 1 fully saturated rings. The molecule has 0 radical (unpaired) electrons. The summed E-state index contributed by atoms with van der Waals surface area (Å²) < 4.78 is 10.7. The van der Waals surface area contributed by atoms with Crippen LogP contribution in [0.2, 0.25) is 0 Å². The van der Waals surface area contributed by atoms with Gasteiger partial charge in [0.2, 0.25) is 0 Å². The molecule has 0 bridgehead atoms. The molecular formula is C19H21N5O3. The Kier molecular flexibility index (Phi) is 4.62. The number of nitrogens with zero attached hydrogens (tertiary/aromatic N) is 4. The minimum atomic E-state index is -0.352. The van der Waals surface area contributed by atoms with E-state index in [1.54, 1.807) is 29.6 Å². The molecule has 1 aliphatic heterocycles. The van der Waals surface area contributed by atoms with Crippen LogP contribution >= 0.6 is 0 Å². The zero-order chi connectivity index (χ0) is 18.7. The topological polar surface area (TPSA) is 97.3 Å². The minimum Gasteiger partial charge on any atom is -0.467 e. The van der Waals surface area contributed by atoms with Gasteiger partial charge in [0.05, 0.1) is 12.8 Å². The van der Waals surface area contributed by atoms with Crippen LogP contribution in [0, 0.1) is 0 Å². The number of hydrogen-bond donors (Lipinski definition) is 1. The Balaban J connectivity index is 1.45. The van der Waals surface area contributed by atoms with Crippen LogP contribution in [0.1, 0.15) is 31.4 Å². The van der Waals surface area contributed by atoms with Gasteiger partial charge < -0.3 is 19.2 Å². The summed E-state index contributed by atoms with van der Waals surface area (Å²) >= 11 is 0. The lowest BCUT2D eigenvalue weighted by Crippen LogP contribution is -2.50. The highest BCUT2D eigenvalue weighted by molar-refractivity contribution is 5.74. The molecule has 1 unspecified atom stereocenters. The molecule has 27 heavy (non-hydrogen) atoms. The van der Waals surface area contributed by atoms with Crippen molar-refractivity contribution in [2.24, 2.45) is 0 Å². The predicted molar refractivity (Wildman–Crippen MR) is 96.6 cm³/mol. The fourth-order valence-electron chi connectivity index (χ4n) is 3.36. The third kappa shape index (κ3) is 3.69. The Labute approximate surface area is 156 Å². The molecule has 8 heteroatoms. The number of nitrogens with one attached hydrogen (secondary N) is 1. The highest BCUT2D eigenvalue weighted by Crippen LogP contribution is 2.33. The number of carbonyl (C=O) groups is 1. The molecule has 4 heterocycles. The Hall–Kier alpha value is -3.16. The van der Waals surface area contributed by atoms with Crippen molar-refractivity contribution in [1.29, 1.82) is 0 Å². The number of amides is 2. The Bertz CT molecular complexity index is 893. The van der Waals surface area contributed by atoms with Crippen molar-refractivity contribution in [3.63, 3.8) is 0 Å². The van der Waals surface area contributed by atoms with Gasteiger partial charge in [-0.15, -0.1) is 0 Å². The molecule has 0 aromatic carbocycles. The second-order valence-corrected chi connectivity index (χ2v) is 6.98. The normalized spacial score (nSPS) is 19.8. The molecule has 1 saturated heterocycles. The van der Waals surface area contributed by atoms with Gasteiger partial charge in [0.25, 0.3) is 5.89 Å². The quantitative estimate of drug-likeness (QED) is 0.761. The predicted octanol–water partition coefficient (Wildman–Crippen LogP) is 2.99. The molecule has 0 saturated carbocycles. The molecule has 1 N–H and O–H groups in total. The SMILES string of the molecule is CC1(c2noc(-c3ccncc3)n2)CCCN(C(=O)NCc2ccco2)C1. The maximum atomic E-state index is 12.5. The van der Waals surface area contributed by atoms with E-state index in [9.17, 15) is 4.79 Å². The van der Waals surface area contributed by atoms with E-state index in [1.165, 1.54) is 0 Å². The first-order valence-corrected chi connectivity index (χ1v) is 8.94. The lowest BCUT2D eigenvalue weighted by Gasteiger charge is -2.38. The Morgan fingerprint density at radius 3 is 2.96 bits per heavy atom. The number of likely N-dealkylation sites (tertiary alicyclic amines) is 1. The number of pyridine rings is 1. The van der Waals surface area contributed by atoms with Gasteiger partial charge in [0.15, 0.2) is 5.82 Å². The molecule has 3 aromatic heterocycles. The van der Waals surface area contributed by atoms with Crippen LogP contribution in [-0.4, -0.2) is 39.1 Å². The maximum Gasteiger partial charge on any atom is 0.317 e. The molecule has 3 aromatic rings. The molecule has 4 rings (SSSR count). The fraction of sp³-hybridized carbons (Fsp3) is 0.368. The highest BCUT2D eigenvalue weighted by Gasteiger charge is 2.38. The third-order valence-corrected chi connectivity index (χ3v) is 4.87. The van der Waals surface area contributed by atoms with Gasteiger partial charge in [0.1, 0.15) is 5.76 Å². The van der Waals surface area contributed by atoms with Gasteiger partial charge >= 0.3 is 6.03 Å². The second-order valence-electron chi connectivity index (χ2n) is 6.98. The van der Waals surface area contributed by atoms with Gasteiger partial charge in [-0.2, -0.15) is 4.98 Å². The van der Waals surface area contributed by atoms with E-state index in [0.717, 1.165) is 24.2 Å². The van der Waals surface area contributed by atoms with Gasteiger partial charge in [-0.25, -0.2) is 4.79 Å². The Morgan fingerprint density at radius 1 is 1.33 bits per heavy atom. The van der Waals surface area contributed by atoms with Gasteiger partial charge in [-0.1, -0.05) is 12.1 Å². The van der Waals surface area contributed by atoms with E-state index < -0.39 is 0 Å². The number of carbonyl (C=O) groups excluding carboxylic acids is 1. The highest BCUT2D eigenvalue weighted by atomic mass is 16.5. The summed E-state index contributed by atoms with van der Waals surface area (Å²) in [5.41, 5.74) is 0.478. The van der Waals surface area contributed by atoms with Gasteiger partial charge in [0, 0.05) is 36.5 Å². The van der Waals surface area contributed by atoms with Crippen LogP contribution < -0.4 is 5.32 Å². The summed E-state index contributed by atoms with van der Waals surface area (Å²) in [6, 6.07) is 7.18. The minimum absolute atomic E-state index is 0.116. The van der Waals surface area contributed by atoms with E-state index in [-0.39, 0.29) is 11.4 Å². The van der Waals surface area contributed by atoms with E-state index in [1.807, 2.05) is 18.2 Å². The molecule has 1 aliphatic rings. The first kappa shape index (κ1) is 17.3. The summed E-state index contributed by atoms with van der Waals surface area (Å²) in [5.74, 6) is 1.81. The average Bonchev–Trinajstić information content (AvgIpc) is 3.39. The lowest BCUT2D eigenvalue weighted by atomic mass is 9.81. The van der Waals surface area contributed by atoms with Crippen LogP contribution in [0.25, 0.3) is 11.5 Å². The summed E-state index contributed by atoms with van der Waals surface area (Å²) in [5, 5.41) is 7.09. The Morgan fingerprint density at radius 2 is 2.19 bits per heavy atom. The van der Waals surface area contributed by atoms with Crippen molar-refractivity contribution >= 4 is 6.03 Å². The van der Waals surface area contributed by atoms with Gasteiger partial charge in [-0.3, -0.25) is 4.98 Å². The number of piperidine rings is 1. The van der Waals surface area contributed by atoms with Crippen molar-refractivity contribution < 1.29 is 13.7 Å². The van der Waals surface area contributed by atoms with Crippen LogP contribution in [0.5, 0.6) is 0 Å². The molecule has 0 spiro atoms. The first-order chi connectivity index (χ1) is 13.1. The second kappa shape index (κ2) is 7.22. The van der Waals surface area contributed by atoms with Crippen molar-refractivity contribution in [2.45, 2.75) is 31.7 Å².